The summed E-state index contributed by atoms with van der Waals surface area (Å²) in [5.74, 6) is -3.02. The fourth-order valence-electron chi connectivity index (χ4n) is 1.54. The number of nitrogens with two attached hydrogens (primary N) is 1. The molecule has 4 nitrogen and oxygen atoms in total. The summed E-state index contributed by atoms with van der Waals surface area (Å²) in [5, 5.41) is 8.88. The molecule has 0 fully saturated rings. The van der Waals surface area contributed by atoms with E-state index in [-0.39, 0.29) is 25.5 Å². The molecule has 1 heterocycles. The Bertz CT molecular complexity index is 725. The summed E-state index contributed by atoms with van der Waals surface area (Å²) in [6, 6.07) is 3.52. The van der Waals surface area contributed by atoms with Crippen LogP contribution in [0, 0.1) is 15.2 Å². The Labute approximate surface area is 130 Å². The third-order valence-electron chi connectivity index (χ3n) is 2.51. The lowest BCUT2D eigenvalue weighted by atomic mass is 10.1. The molecule has 1 aromatic heterocycles. The van der Waals surface area contributed by atoms with E-state index in [4.69, 9.17) is 22.4 Å². The predicted molar refractivity (Wildman–Crippen MR) is 78.7 cm³/mol. The Hall–Kier alpha value is -1.48. The van der Waals surface area contributed by atoms with Gasteiger partial charge in [0.25, 0.3) is 0 Å². The topological polar surface area (TPSA) is 76.2 Å². The van der Waals surface area contributed by atoms with Gasteiger partial charge in [-0.25, -0.2) is 18.6 Å². The van der Waals surface area contributed by atoms with Gasteiger partial charge in [0.05, 0.1) is 14.3 Å². The van der Waals surface area contributed by atoms with E-state index in [1.165, 1.54) is 12.1 Å². The van der Waals surface area contributed by atoms with Gasteiger partial charge in [-0.1, -0.05) is 17.7 Å². The summed E-state index contributed by atoms with van der Waals surface area (Å²) < 4.78 is 27.5. The summed E-state index contributed by atoms with van der Waals surface area (Å²) in [6.45, 7) is 0. The normalized spacial score (nSPS) is 10.6. The maximum atomic E-state index is 14.1. The van der Waals surface area contributed by atoms with Crippen LogP contribution < -0.4 is 5.73 Å². The third kappa shape index (κ3) is 2.55. The number of nitrogen functional groups attached to an aromatic ring is 1. The lowest BCUT2D eigenvalue weighted by Gasteiger charge is -2.10. The molecule has 0 aliphatic heterocycles. The minimum atomic E-state index is -1.35. The molecule has 0 spiro atoms. The number of benzene rings is 1. The maximum Gasteiger partial charge on any atom is 0.355 e. The highest BCUT2D eigenvalue weighted by atomic mass is 127. The van der Waals surface area contributed by atoms with Crippen molar-refractivity contribution in [1.82, 2.24) is 4.98 Å². The van der Waals surface area contributed by atoms with Crippen LogP contribution in [-0.2, 0) is 0 Å². The zero-order valence-corrected chi connectivity index (χ0v) is 12.5. The summed E-state index contributed by atoms with van der Waals surface area (Å²) in [6.07, 6.45) is 0. The standard InChI is InChI=1S/C12H6ClF2IN2O2/c13-5-2-1-4(3-6(5)14)10-7(15)9(17)8(16)11(18-10)12(19)20/h1-3H,(H2,17,18)(H,19,20). The summed E-state index contributed by atoms with van der Waals surface area (Å²) in [5.41, 5.74) is 4.50. The smallest absolute Gasteiger partial charge is 0.355 e. The highest BCUT2D eigenvalue weighted by Gasteiger charge is 2.21. The first-order chi connectivity index (χ1) is 9.32. The lowest BCUT2D eigenvalue weighted by Crippen LogP contribution is -2.10. The van der Waals surface area contributed by atoms with Crippen LogP contribution in [0.5, 0.6) is 0 Å². The van der Waals surface area contributed by atoms with Gasteiger partial charge in [0, 0.05) is 5.56 Å². The van der Waals surface area contributed by atoms with Crippen LogP contribution in [0.15, 0.2) is 18.2 Å². The molecule has 0 aliphatic carbocycles. The van der Waals surface area contributed by atoms with E-state index < -0.39 is 23.3 Å². The molecule has 0 aliphatic rings. The second kappa shape index (κ2) is 5.49. The van der Waals surface area contributed by atoms with Crippen molar-refractivity contribution in [2.75, 3.05) is 5.73 Å². The molecule has 2 rings (SSSR count). The van der Waals surface area contributed by atoms with E-state index in [0.717, 1.165) is 6.07 Å². The molecule has 104 valence electrons. The van der Waals surface area contributed by atoms with Crippen LogP contribution in [0.25, 0.3) is 11.3 Å². The van der Waals surface area contributed by atoms with Crippen molar-refractivity contribution in [2.45, 2.75) is 0 Å². The first kappa shape index (κ1) is 14.9. The number of carboxylic acid groups (broad SMARTS) is 1. The van der Waals surface area contributed by atoms with Gasteiger partial charge < -0.3 is 10.8 Å². The molecular weight excluding hydrogens is 404 g/mol. The van der Waals surface area contributed by atoms with Crippen molar-refractivity contribution in [3.63, 3.8) is 0 Å². The predicted octanol–water partition coefficient (Wildman–Crippen LogP) is 3.57. The largest absolute Gasteiger partial charge is 0.476 e. The molecule has 0 radical (unpaired) electrons. The Morgan fingerprint density at radius 2 is 2.05 bits per heavy atom. The van der Waals surface area contributed by atoms with Crippen molar-refractivity contribution < 1.29 is 18.7 Å². The van der Waals surface area contributed by atoms with E-state index >= 15 is 0 Å². The Kier molecular flexibility index (Phi) is 4.09. The average molecular weight is 411 g/mol. The molecule has 3 N–H and O–H groups in total. The number of carbonyl (C=O) groups is 1. The second-order valence-corrected chi connectivity index (χ2v) is 5.27. The summed E-state index contributed by atoms with van der Waals surface area (Å²) in [4.78, 5) is 14.8. The van der Waals surface area contributed by atoms with Gasteiger partial charge in [-0.05, 0) is 34.7 Å². The molecule has 1 aromatic carbocycles. The zero-order valence-electron chi connectivity index (χ0n) is 9.62. The average Bonchev–Trinajstić information content (AvgIpc) is 2.39. The first-order valence-corrected chi connectivity index (χ1v) is 6.61. The third-order valence-corrected chi connectivity index (χ3v) is 3.91. The van der Waals surface area contributed by atoms with Crippen LogP contribution >= 0.6 is 34.2 Å². The van der Waals surface area contributed by atoms with E-state index in [9.17, 15) is 13.6 Å². The van der Waals surface area contributed by atoms with E-state index in [1.54, 1.807) is 22.6 Å². The number of anilines is 1. The van der Waals surface area contributed by atoms with E-state index in [0.29, 0.717) is 0 Å². The van der Waals surface area contributed by atoms with Gasteiger partial charge in [0.15, 0.2) is 11.5 Å². The number of carboxylic acids is 1. The number of hydrogen-bond acceptors (Lipinski definition) is 3. The van der Waals surface area contributed by atoms with Crippen molar-refractivity contribution >= 4 is 45.8 Å². The number of aromatic nitrogens is 1. The molecule has 8 heteroatoms. The second-order valence-electron chi connectivity index (χ2n) is 3.78. The van der Waals surface area contributed by atoms with Gasteiger partial charge in [-0.3, -0.25) is 0 Å². The summed E-state index contributed by atoms with van der Waals surface area (Å²) in [7, 11) is 0. The number of rotatable bonds is 2. The van der Waals surface area contributed by atoms with Gasteiger partial charge in [-0.2, -0.15) is 0 Å². The summed E-state index contributed by atoms with van der Waals surface area (Å²) >= 11 is 7.13. The fraction of sp³-hybridized carbons (Fsp3) is 0. The minimum Gasteiger partial charge on any atom is -0.476 e. The van der Waals surface area contributed by atoms with Crippen LogP contribution in [0.1, 0.15) is 10.5 Å². The molecule has 0 unspecified atom stereocenters. The number of pyridine rings is 1. The highest BCUT2D eigenvalue weighted by molar-refractivity contribution is 14.1. The van der Waals surface area contributed by atoms with Gasteiger partial charge in [0.1, 0.15) is 11.5 Å². The van der Waals surface area contributed by atoms with Crippen molar-refractivity contribution in [3.05, 3.63) is 44.1 Å². The maximum absolute atomic E-state index is 14.1. The van der Waals surface area contributed by atoms with Crippen molar-refractivity contribution in [2.24, 2.45) is 0 Å². The minimum absolute atomic E-state index is 0.00853. The highest BCUT2D eigenvalue weighted by Crippen LogP contribution is 2.31. The monoisotopic (exact) mass is 410 g/mol. The molecule has 0 bridgehead atoms. The van der Waals surface area contributed by atoms with Gasteiger partial charge in [-0.15, -0.1) is 0 Å². The van der Waals surface area contributed by atoms with Crippen LogP contribution in [-0.4, -0.2) is 16.1 Å². The SMILES string of the molecule is Nc1c(F)c(-c2ccc(Cl)c(F)c2)nc(C(=O)O)c1I. The lowest BCUT2D eigenvalue weighted by molar-refractivity contribution is 0.0689. The molecule has 0 atom stereocenters. The molecule has 2 aromatic rings. The van der Waals surface area contributed by atoms with Crippen LogP contribution in [0.4, 0.5) is 14.5 Å². The first-order valence-electron chi connectivity index (χ1n) is 5.16. The molecular formula is C12H6ClF2IN2O2. The molecule has 20 heavy (non-hydrogen) atoms. The van der Waals surface area contributed by atoms with E-state index in [2.05, 4.69) is 4.98 Å². The van der Waals surface area contributed by atoms with Gasteiger partial charge in [0.2, 0.25) is 0 Å². The quantitative estimate of drug-likeness (QED) is 0.742. The number of aromatic carboxylic acids is 1. The van der Waals surface area contributed by atoms with E-state index in [1.807, 2.05) is 0 Å². The Balaban J connectivity index is 2.73. The molecule has 0 saturated carbocycles. The number of hydrogen-bond donors (Lipinski definition) is 2. The Morgan fingerprint density at radius 3 is 2.60 bits per heavy atom. The van der Waals surface area contributed by atoms with Crippen LogP contribution in [0.3, 0.4) is 0 Å². The van der Waals surface area contributed by atoms with Crippen molar-refractivity contribution in [1.29, 1.82) is 0 Å². The molecule has 0 saturated heterocycles. The number of halogens is 4. The fourth-order valence-corrected chi connectivity index (χ4v) is 2.24. The number of nitrogens with zero attached hydrogens (tertiary/aromatic N) is 1. The Morgan fingerprint density at radius 1 is 1.40 bits per heavy atom. The molecule has 0 amide bonds. The van der Waals surface area contributed by atoms with Crippen molar-refractivity contribution in [3.8, 4) is 11.3 Å². The van der Waals surface area contributed by atoms with Crippen LogP contribution in [0.2, 0.25) is 5.02 Å². The zero-order chi connectivity index (χ0) is 15.0. The van der Waals surface area contributed by atoms with Gasteiger partial charge >= 0.3 is 5.97 Å².